The van der Waals surface area contributed by atoms with Crippen molar-refractivity contribution >= 4 is 5.91 Å². The number of aromatic hydroxyl groups is 1. The minimum absolute atomic E-state index is 0.0465. The Bertz CT molecular complexity index is 1200. The number of rotatable bonds is 5. The standard InChI is InChI=1S/C23H20N4O4/c1-31-15-10-11-17(19(29)12-15)23-26-21(14-8-6-13(7-9-14)20(24)30)25-22(27-23)16-4-2-3-5-18(16)28/h2-3,5-12,16,28-29H,4H2,1H3,(H2,24,30). The highest BCUT2D eigenvalue weighted by molar-refractivity contribution is 5.93. The third-order valence-electron chi connectivity index (χ3n) is 4.97. The van der Waals surface area contributed by atoms with E-state index in [1.54, 1.807) is 48.6 Å². The van der Waals surface area contributed by atoms with Gasteiger partial charge >= 0.3 is 0 Å². The molecule has 1 heterocycles. The van der Waals surface area contributed by atoms with Crippen LogP contribution in [0.2, 0.25) is 0 Å². The van der Waals surface area contributed by atoms with Crippen LogP contribution < -0.4 is 10.5 Å². The lowest BCUT2D eigenvalue weighted by Crippen LogP contribution is -2.12. The summed E-state index contributed by atoms with van der Waals surface area (Å²) < 4.78 is 5.14. The Balaban J connectivity index is 1.85. The van der Waals surface area contributed by atoms with Crippen LogP contribution in [0.25, 0.3) is 22.8 Å². The summed E-state index contributed by atoms with van der Waals surface area (Å²) in [7, 11) is 1.51. The van der Waals surface area contributed by atoms with Gasteiger partial charge in [-0.05, 0) is 36.8 Å². The molecule has 4 N–H and O–H groups in total. The van der Waals surface area contributed by atoms with Crippen molar-refractivity contribution in [2.45, 2.75) is 12.3 Å². The van der Waals surface area contributed by atoms with Crippen LogP contribution in [0.5, 0.6) is 11.5 Å². The van der Waals surface area contributed by atoms with E-state index < -0.39 is 11.8 Å². The predicted octanol–water partition coefficient (Wildman–Crippen LogP) is 3.50. The lowest BCUT2D eigenvalue weighted by molar-refractivity contribution is 0.100. The van der Waals surface area contributed by atoms with Gasteiger partial charge in [0.25, 0.3) is 0 Å². The average molecular weight is 416 g/mol. The fourth-order valence-corrected chi connectivity index (χ4v) is 3.26. The molecule has 0 fully saturated rings. The number of amides is 1. The molecule has 0 bridgehead atoms. The molecule has 31 heavy (non-hydrogen) atoms. The number of allylic oxidation sites excluding steroid dienone is 4. The molecule has 156 valence electrons. The quantitative estimate of drug-likeness (QED) is 0.580. The molecule has 0 saturated carbocycles. The van der Waals surface area contributed by atoms with Crippen LogP contribution in [0.3, 0.4) is 0 Å². The Morgan fingerprint density at radius 2 is 1.81 bits per heavy atom. The third kappa shape index (κ3) is 4.09. The van der Waals surface area contributed by atoms with Crippen molar-refractivity contribution in [1.82, 2.24) is 15.0 Å². The largest absolute Gasteiger partial charge is 0.512 e. The number of carbonyl (C=O) groups is 1. The molecule has 8 heteroatoms. The molecule has 0 spiro atoms. The number of aromatic nitrogens is 3. The molecule has 0 radical (unpaired) electrons. The number of methoxy groups -OCH3 is 1. The molecule has 1 aliphatic carbocycles. The monoisotopic (exact) mass is 416 g/mol. The molecule has 1 atom stereocenters. The maximum Gasteiger partial charge on any atom is 0.248 e. The Hall–Kier alpha value is -4.20. The van der Waals surface area contributed by atoms with Crippen LogP contribution in [0.4, 0.5) is 0 Å². The molecule has 1 aliphatic rings. The number of nitrogens with two attached hydrogens (primary N) is 1. The topological polar surface area (TPSA) is 131 Å². The summed E-state index contributed by atoms with van der Waals surface area (Å²) in [5.41, 5.74) is 6.72. The van der Waals surface area contributed by atoms with Crippen molar-refractivity contribution in [3.05, 3.63) is 77.8 Å². The van der Waals surface area contributed by atoms with Crippen LogP contribution in [-0.2, 0) is 0 Å². The third-order valence-corrected chi connectivity index (χ3v) is 4.97. The number of benzene rings is 2. The lowest BCUT2D eigenvalue weighted by atomic mass is 9.97. The van der Waals surface area contributed by atoms with Gasteiger partial charge < -0.3 is 20.7 Å². The highest BCUT2D eigenvalue weighted by atomic mass is 16.5. The molecule has 4 rings (SSSR count). The number of phenols is 1. The average Bonchev–Trinajstić information content (AvgIpc) is 2.79. The van der Waals surface area contributed by atoms with Gasteiger partial charge in [-0.15, -0.1) is 0 Å². The number of hydrogen-bond acceptors (Lipinski definition) is 7. The van der Waals surface area contributed by atoms with Crippen molar-refractivity contribution in [2.24, 2.45) is 5.73 Å². The Morgan fingerprint density at radius 3 is 2.45 bits per heavy atom. The van der Waals surface area contributed by atoms with Gasteiger partial charge in [-0.2, -0.15) is 0 Å². The second-order valence-corrected chi connectivity index (χ2v) is 6.97. The zero-order valence-corrected chi connectivity index (χ0v) is 16.7. The van der Waals surface area contributed by atoms with Gasteiger partial charge in [0.2, 0.25) is 5.91 Å². The second-order valence-electron chi connectivity index (χ2n) is 6.97. The Kier molecular flexibility index (Phi) is 5.36. The van der Waals surface area contributed by atoms with E-state index in [9.17, 15) is 15.0 Å². The summed E-state index contributed by atoms with van der Waals surface area (Å²) in [6.45, 7) is 0. The number of aliphatic hydroxyl groups is 1. The van der Waals surface area contributed by atoms with Crippen molar-refractivity contribution < 1.29 is 19.7 Å². The Morgan fingerprint density at radius 1 is 1.06 bits per heavy atom. The molecule has 3 aromatic rings. The minimum Gasteiger partial charge on any atom is -0.512 e. The van der Waals surface area contributed by atoms with Crippen molar-refractivity contribution in [3.63, 3.8) is 0 Å². The SMILES string of the molecule is COc1ccc(-c2nc(-c3ccc(C(N)=O)cc3)nc(C3CC=CC=C3O)n2)c(O)c1. The normalized spacial score (nSPS) is 15.4. The molecule has 1 aromatic heterocycles. The van der Waals surface area contributed by atoms with Gasteiger partial charge in [0.1, 0.15) is 23.1 Å². The molecule has 0 aliphatic heterocycles. The Labute approximate surface area is 178 Å². The number of ether oxygens (including phenoxy) is 1. The summed E-state index contributed by atoms with van der Waals surface area (Å²) >= 11 is 0. The van der Waals surface area contributed by atoms with Gasteiger partial charge in [0, 0.05) is 17.2 Å². The number of aliphatic hydroxyl groups excluding tert-OH is 1. The van der Waals surface area contributed by atoms with E-state index in [1.165, 1.54) is 13.2 Å². The number of nitrogens with zero attached hydrogens (tertiary/aromatic N) is 3. The molecular formula is C23H20N4O4. The zero-order valence-electron chi connectivity index (χ0n) is 16.7. The fraction of sp³-hybridized carbons (Fsp3) is 0.130. The van der Waals surface area contributed by atoms with Gasteiger partial charge in [-0.25, -0.2) is 15.0 Å². The number of phenolic OH excluding ortho intramolecular Hbond substituents is 1. The lowest BCUT2D eigenvalue weighted by Gasteiger charge is -2.17. The van der Waals surface area contributed by atoms with Crippen molar-refractivity contribution in [3.8, 4) is 34.3 Å². The zero-order chi connectivity index (χ0) is 22.0. The first-order valence-electron chi connectivity index (χ1n) is 9.55. The molecule has 2 aromatic carbocycles. The van der Waals surface area contributed by atoms with Crippen LogP contribution in [0.1, 0.15) is 28.5 Å². The number of carbonyl (C=O) groups excluding carboxylic acids is 1. The maximum atomic E-state index is 11.4. The molecular weight excluding hydrogens is 396 g/mol. The molecule has 8 nitrogen and oxygen atoms in total. The summed E-state index contributed by atoms with van der Waals surface area (Å²) in [6, 6.07) is 11.4. The smallest absolute Gasteiger partial charge is 0.248 e. The summed E-state index contributed by atoms with van der Waals surface area (Å²) in [4.78, 5) is 25.0. The maximum absolute atomic E-state index is 11.4. The highest BCUT2D eigenvalue weighted by Gasteiger charge is 2.23. The van der Waals surface area contributed by atoms with E-state index in [0.29, 0.717) is 40.5 Å². The van der Waals surface area contributed by atoms with E-state index in [-0.39, 0.29) is 17.3 Å². The minimum atomic E-state index is -0.532. The van der Waals surface area contributed by atoms with Crippen LogP contribution in [0, 0.1) is 0 Å². The highest BCUT2D eigenvalue weighted by Crippen LogP contribution is 2.34. The van der Waals surface area contributed by atoms with Crippen molar-refractivity contribution in [2.75, 3.05) is 7.11 Å². The number of hydrogen-bond donors (Lipinski definition) is 3. The van der Waals surface area contributed by atoms with Gasteiger partial charge in [0.05, 0.1) is 18.6 Å². The fourth-order valence-electron chi connectivity index (χ4n) is 3.26. The molecule has 1 amide bonds. The first kappa shape index (κ1) is 20.1. The summed E-state index contributed by atoms with van der Waals surface area (Å²) in [5.74, 6) is 0.591. The van der Waals surface area contributed by atoms with E-state index >= 15 is 0 Å². The number of primary amides is 1. The van der Waals surface area contributed by atoms with Crippen LogP contribution >= 0.6 is 0 Å². The van der Waals surface area contributed by atoms with Gasteiger partial charge in [-0.3, -0.25) is 4.79 Å². The van der Waals surface area contributed by atoms with Gasteiger partial charge in [-0.1, -0.05) is 24.3 Å². The second kappa shape index (κ2) is 8.27. The predicted molar refractivity (Wildman–Crippen MR) is 115 cm³/mol. The van der Waals surface area contributed by atoms with E-state index in [4.69, 9.17) is 10.5 Å². The van der Waals surface area contributed by atoms with E-state index in [2.05, 4.69) is 15.0 Å². The summed E-state index contributed by atoms with van der Waals surface area (Å²) in [6.07, 6.45) is 5.82. The van der Waals surface area contributed by atoms with E-state index in [0.717, 1.165) is 0 Å². The first-order valence-corrected chi connectivity index (χ1v) is 9.55. The van der Waals surface area contributed by atoms with Crippen LogP contribution in [0.15, 0.2) is 66.5 Å². The van der Waals surface area contributed by atoms with E-state index in [1.807, 2.05) is 6.08 Å². The van der Waals surface area contributed by atoms with Gasteiger partial charge in [0.15, 0.2) is 11.6 Å². The summed E-state index contributed by atoms with van der Waals surface area (Å²) in [5, 5.41) is 20.8. The van der Waals surface area contributed by atoms with Crippen molar-refractivity contribution in [1.29, 1.82) is 0 Å². The molecule has 1 unspecified atom stereocenters. The van der Waals surface area contributed by atoms with Crippen LogP contribution in [-0.4, -0.2) is 38.2 Å². The molecule has 0 saturated heterocycles. The first-order chi connectivity index (χ1) is 15.0.